The average molecular weight is 292 g/mol. The molecule has 2 aliphatic rings. The summed E-state index contributed by atoms with van der Waals surface area (Å²) in [4.78, 5) is 0. The van der Waals surface area contributed by atoms with Crippen molar-refractivity contribution < 1.29 is 10.6 Å². The number of aliphatic hydroxyl groups excluding tert-OH is 1. The topological polar surface area (TPSA) is 51.7 Å². The molecule has 0 saturated heterocycles. The quantitative estimate of drug-likeness (QED) is 0.825. The van der Waals surface area contributed by atoms with E-state index in [-0.39, 0.29) is 11.6 Å². The lowest BCUT2D eigenvalue weighted by Crippen LogP contribution is -2.25. The van der Waals surface area contributed by atoms with Crippen LogP contribution in [0, 0.1) is 18.8 Å². The Morgan fingerprint density at radius 3 is 1.76 bits per heavy atom. The summed E-state index contributed by atoms with van der Waals surface area (Å²) in [6.45, 7) is 2.08. The molecule has 21 heavy (non-hydrogen) atoms. The standard InChI is InChI=1S/C12H22O.C7H8.H2O/c13-12-8-6-11(7-9-12)10-4-2-1-3-5-10;1-7-5-3-2-4-6-7;/h10-13H,1-9H2;2-6H,1H3;1H2. The highest BCUT2D eigenvalue weighted by molar-refractivity contribution is 5.11. The van der Waals surface area contributed by atoms with Gasteiger partial charge in [0, 0.05) is 0 Å². The summed E-state index contributed by atoms with van der Waals surface area (Å²) in [5, 5.41) is 9.43. The van der Waals surface area contributed by atoms with Crippen LogP contribution in [0.25, 0.3) is 0 Å². The third-order valence-corrected chi connectivity index (χ3v) is 5.00. The summed E-state index contributed by atoms with van der Waals surface area (Å²) in [6.07, 6.45) is 12.1. The second-order valence-electron chi connectivity index (χ2n) is 6.62. The fourth-order valence-electron chi connectivity index (χ4n) is 3.71. The van der Waals surface area contributed by atoms with Crippen molar-refractivity contribution in [2.45, 2.75) is 70.8 Å². The van der Waals surface area contributed by atoms with Crippen molar-refractivity contribution in [3.8, 4) is 0 Å². The fraction of sp³-hybridized carbons (Fsp3) is 0.684. The van der Waals surface area contributed by atoms with E-state index >= 15 is 0 Å². The van der Waals surface area contributed by atoms with Crippen molar-refractivity contribution >= 4 is 0 Å². The van der Waals surface area contributed by atoms with E-state index in [4.69, 9.17) is 0 Å². The Balaban J connectivity index is 0.000000236. The predicted molar refractivity (Wildman–Crippen MR) is 89.3 cm³/mol. The molecule has 120 valence electrons. The van der Waals surface area contributed by atoms with E-state index in [9.17, 15) is 5.11 Å². The Morgan fingerprint density at radius 1 is 0.762 bits per heavy atom. The van der Waals surface area contributed by atoms with Crippen LogP contribution in [0.15, 0.2) is 30.3 Å². The van der Waals surface area contributed by atoms with E-state index in [0.29, 0.717) is 0 Å². The Morgan fingerprint density at radius 2 is 1.29 bits per heavy atom. The van der Waals surface area contributed by atoms with Gasteiger partial charge in [0.1, 0.15) is 0 Å². The number of aliphatic hydroxyl groups is 1. The lowest BCUT2D eigenvalue weighted by Gasteiger charge is -2.34. The fourth-order valence-corrected chi connectivity index (χ4v) is 3.71. The Bertz CT molecular complexity index is 349. The molecule has 0 aliphatic heterocycles. The zero-order valence-electron chi connectivity index (χ0n) is 13.4. The minimum Gasteiger partial charge on any atom is -0.412 e. The number of hydrogen-bond donors (Lipinski definition) is 1. The Labute approximate surface area is 129 Å². The van der Waals surface area contributed by atoms with Crippen LogP contribution >= 0.6 is 0 Å². The monoisotopic (exact) mass is 292 g/mol. The maximum atomic E-state index is 9.43. The minimum absolute atomic E-state index is 0. The van der Waals surface area contributed by atoms with Gasteiger partial charge in [0.05, 0.1) is 6.10 Å². The molecule has 2 fully saturated rings. The first-order valence-corrected chi connectivity index (χ1v) is 8.45. The molecule has 2 heteroatoms. The van der Waals surface area contributed by atoms with E-state index in [1.807, 2.05) is 18.2 Å². The Kier molecular flexibility index (Phi) is 8.63. The molecular formula is C19H32O2. The van der Waals surface area contributed by atoms with Gasteiger partial charge in [-0.25, -0.2) is 0 Å². The van der Waals surface area contributed by atoms with Crippen molar-refractivity contribution in [3.63, 3.8) is 0 Å². The molecule has 2 saturated carbocycles. The smallest absolute Gasteiger partial charge is 0.0540 e. The molecule has 1 aromatic carbocycles. The first kappa shape index (κ1) is 18.2. The van der Waals surface area contributed by atoms with Gasteiger partial charge >= 0.3 is 0 Å². The highest BCUT2D eigenvalue weighted by Gasteiger charge is 2.27. The molecule has 0 aromatic heterocycles. The van der Waals surface area contributed by atoms with E-state index in [1.165, 1.54) is 50.5 Å². The zero-order chi connectivity index (χ0) is 14.2. The van der Waals surface area contributed by atoms with Crippen molar-refractivity contribution in [1.82, 2.24) is 0 Å². The highest BCUT2D eigenvalue weighted by atomic mass is 16.3. The molecule has 3 N–H and O–H groups in total. The molecule has 0 unspecified atom stereocenters. The molecule has 0 spiro atoms. The van der Waals surface area contributed by atoms with Crippen LogP contribution in [0.4, 0.5) is 0 Å². The van der Waals surface area contributed by atoms with Crippen LogP contribution in [-0.4, -0.2) is 16.7 Å². The number of rotatable bonds is 1. The van der Waals surface area contributed by atoms with Gasteiger partial charge in [-0.1, -0.05) is 68.0 Å². The van der Waals surface area contributed by atoms with E-state index < -0.39 is 0 Å². The molecule has 0 bridgehead atoms. The highest BCUT2D eigenvalue weighted by Crippen LogP contribution is 2.38. The van der Waals surface area contributed by atoms with Crippen LogP contribution in [0.5, 0.6) is 0 Å². The second-order valence-corrected chi connectivity index (χ2v) is 6.62. The molecule has 2 aliphatic carbocycles. The molecule has 2 nitrogen and oxygen atoms in total. The summed E-state index contributed by atoms with van der Waals surface area (Å²) < 4.78 is 0. The zero-order valence-corrected chi connectivity index (χ0v) is 13.4. The van der Waals surface area contributed by atoms with Crippen LogP contribution in [0.1, 0.15) is 63.4 Å². The van der Waals surface area contributed by atoms with Gasteiger partial charge in [0.15, 0.2) is 0 Å². The summed E-state index contributed by atoms with van der Waals surface area (Å²) in [5.41, 5.74) is 1.32. The predicted octanol–water partition coefficient (Wildman–Crippen LogP) is 4.29. The van der Waals surface area contributed by atoms with Gasteiger partial charge in [-0.15, -0.1) is 0 Å². The van der Waals surface area contributed by atoms with E-state index in [1.54, 1.807) is 0 Å². The van der Waals surface area contributed by atoms with Crippen LogP contribution in [0.3, 0.4) is 0 Å². The van der Waals surface area contributed by atoms with Crippen molar-refractivity contribution in [3.05, 3.63) is 35.9 Å². The molecule has 3 rings (SSSR count). The van der Waals surface area contributed by atoms with Crippen LogP contribution < -0.4 is 0 Å². The molecule has 0 radical (unpaired) electrons. The van der Waals surface area contributed by atoms with E-state index in [0.717, 1.165) is 24.7 Å². The third kappa shape index (κ3) is 6.62. The molecule has 0 amide bonds. The number of hydrogen-bond acceptors (Lipinski definition) is 1. The Hall–Kier alpha value is -0.860. The summed E-state index contributed by atoms with van der Waals surface area (Å²) in [5.74, 6) is 1.98. The lowest BCUT2D eigenvalue weighted by molar-refractivity contribution is 0.0822. The van der Waals surface area contributed by atoms with Crippen LogP contribution in [0.2, 0.25) is 0 Å². The lowest BCUT2D eigenvalue weighted by atomic mass is 9.73. The van der Waals surface area contributed by atoms with Crippen LogP contribution in [-0.2, 0) is 0 Å². The molecular weight excluding hydrogens is 260 g/mol. The van der Waals surface area contributed by atoms with Crippen molar-refractivity contribution in [2.24, 2.45) is 11.8 Å². The van der Waals surface area contributed by atoms with Crippen molar-refractivity contribution in [1.29, 1.82) is 0 Å². The maximum absolute atomic E-state index is 9.43. The van der Waals surface area contributed by atoms with Gasteiger partial charge in [0.2, 0.25) is 0 Å². The second kappa shape index (κ2) is 9.97. The van der Waals surface area contributed by atoms with Gasteiger partial charge in [-0.3, -0.25) is 0 Å². The van der Waals surface area contributed by atoms with Gasteiger partial charge in [-0.2, -0.15) is 0 Å². The van der Waals surface area contributed by atoms with E-state index in [2.05, 4.69) is 19.1 Å². The third-order valence-electron chi connectivity index (χ3n) is 5.00. The SMILES string of the molecule is Cc1ccccc1.O.OC1CCC(C2CCCCC2)CC1. The summed E-state index contributed by atoms with van der Waals surface area (Å²) in [7, 11) is 0. The summed E-state index contributed by atoms with van der Waals surface area (Å²) >= 11 is 0. The number of benzene rings is 1. The summed E-state index contributed by atoms with van der Waals surface area (Å²) in [6, 6.07) is 10.3. The molecule has 0 atom stereocenters. The number of aryl methyl sites for hydroxylation is 1. The average Bonchev–Trinajstić information content (AvgIpc) is 2.50. The first-order chi connectivity index (χ1) is 9.75. The van der Waals surface area contributed by atoms with Crippen molar-refractivity contribution in [2.75, 3.05) is 0 Å². The van der Waals surface area contributed by atoms with Gasteiger partial charge in [0.25, 0.3) is 0 Å². The largest absolute Gasteiger partial charge is 0.412 e. The molecule has 0 heterocycles. The van der Waals surface area contributed by atoms with Gasteiger partial charge in [-0.05, 0) is 44.4 Å². The minimum atomic E-state index is 0. The normalized spacial score (nSPS) is 26.2. The first-order valence-electron chi connectivity index (χ1n) is 8.45. The maximum Gasteiger partial charge on any atom is 0.0540 e. The van der Waals surface area contributed by atoms with Gasteiger partial charge < -0.3 is 10.6 Å². The molecule has 1 aromatic rings.